The smallest absolute Gasteiger partial charge is 0.216 e. The maximum atomic E-state index is 2.22. The van der Waals surface area contributed by atoms with E-state index in [9.17, 15) is 0 Å². The minimum atomic E-state index is 1.25. The molecule has 3 heteroatoms. The molecule has 0 aliphatic rings. The largest absolute Gasteiger partial charge is 0.345 e. The van der Waals surface area contributed by atoms with E-state index in [1.165, 1.54) is 16.2 Å². The number of rotatable bonds is 1. The molecule has 2 aromatic heterocycles. The maximum absolute atomic E-state index is 2.22. The van der Waals surface area contributed by atoms with Gasteiger partial charge >= 0.3 is 4.96 Å². The Kier molecular flexibility index (Phi) is 1.86. The van der Waals surface area contributed by atoms with Gasteiger partial charge in [0.25, 0.3) is 0 Å². The summed E-state index contributed by atoms with van der Waals surface area (Å²) in [5.41, 5.74) is 2.51. The van der Waals surface area contributed by atoms with Gasteiger partial charge < -0.3 is 0 Å². The first kappa shape index (κ1) is 8.68. The average molecular weight is 215 g/mol. The van der Waals surface area contributed by atoms with Gasteiger partial charge in [-0.1, -0.05) is 41.7 Å². The third kappa shape index (κ3) is 1.27. The highest BCUT2D eigenvalue weighted by molar-refractivity contribution is 7.14. The number of aryl methyl sites for hydroxylation is 1. The van der Waals surface area contributed by atoms with Crippen LogP contribution in [0.2, 0.25) is 0 Å². The molecule has 74 valence electrons. The van der Waals surface area contributed by atoms with Crippen LogP contribution in [-0.4, -0.2) is 4.57 Å². The molecule has 0 bridgehead atoms. The number of hydrogen-bond donors (Lipinski definition) is 0. The van der Waals surface area contributed by atoms with Gasteiger partial charge in [0.2, 0.25) is 0 Å². The molecular weight excluding hydrogens is 204 g/mol. The average Bonchev–Trinajstić information content (AvgIpc) is 2.83. The fourth-order valence-corrected chi connectivity index (χ4v) is 2.64. The molecule has 0 aliphatic carbocycles. The first-order valence-electron chi connectivity index (χ1n) is 4.86. The van der Waals surface area contributed by atoms with Crippen LogP contribution >= 0.6 is 11.3 Å². The Hall–Kier alpha value is -1.61. The molecule has 0 N–H and O–H groups in total. The fourth-order valence-electron chi connectivity index (χ4n) is 1.83. The molecule has 3 rings (SSSR count). The molecule has 0 radical (unpaired) electrons. The van der Waals surface area contributed by atoms with E-state index in [0.717, 1.165) is 0 Å². The van der Waals surface area contributed by atoms with Crippen LogP contribution in [-0.2, 0) is 7.05 Å². The van der Waals surface area contributed by atoms with E-state index < -0.39 is 0 Å². The highest BCUT2D eigenvalue weighted by Gasteiger charge is 2.15. The van der Waals surface area contributed by atoms with Gasteiger partial charge in [-0.15, -0.1) is 0 Å². The standard InChI is InChI=1S/C12H11N2S/c1-13-11(10-5-3-2-4-6-10)9-14-7-8-15-12(13)14/h2-9H,1H3/q+1. The quantitative estimate of drug-likeness (QED) is 0.552. The first-order chi connectivity index (χ1) is 7.36. The molecule has 0 saturated carbocycles. The van der Waals surface area contributed by atoms with Crippen molar-refractivity contribution in [2.45, 2.75) is 0 Å². The molecule has 0 spiro atoms. The fraction of sp³-hybridized carbons (Fsp3) is 0.0833. The number of fused-ring (bicyclic) bond motifs is 1. The van der Waals surface area contributed by atoms with Crippen LogP contribution in [0.1, 0.15) is 0 Å². The number of hydrogen-bond acceptors (Lipinski definition) is 1. The number of imidazole rings is 1. The second kappa shape index (κ2) is 3.21. The van der Waals surface area contributed by atoms with Crippen LogP contribution in [0, 0.1) is 0 Å². The van der Waals surface area contributed by atoms with Crippen molar-refractivity contribution < 1.29 is 4.40 Å². The van der Waals surface area contributed by atoms with Gasteiger partial charge in [0, 0.05) is 10.9 Å². The normalized spacial score (nSPS) is 11.0. The van der Waals surface area contributed by atoms with Crippen LogP contribution in [0.5, 0.6) is 0 Å². The van der Waals surface area contributed by atoms with Crippen LogP contribution in [0.4, 0.5) is 0 Å². The summed E-state index contributed by atoms with van der Waals surface area (Å²) >= 11 is 1.76. The minimum Gasteiger partial charge on any atom is -0.216 e. The van der Waals surface area contributed by atoms with Crippen molar-refractivity contribution in [2.75, 3.05) is 0 Å². The number of aromatic nitrogens is 2. The third-order valence-electron chi connectivity index (χ3n) is 2.60. The molecule has 0 unspecified atom stereocenters. The highest BCUT2D eigenvalue weighted by atomic mass is 32.1. The maximum Gasteiger partial charge on any atom is 0.345 e. The van der Waals surface area contributed by atoms with Crippen molar-refractivity contribution in [1.82, 2.24) is 4.57 Å². The molecule has 0 aliphatic heterocycles. The zero-order valence-electron chi connectivity index (χ0n) is 8.42. The lowest BCUT2D eigenvalue weighted by Crippen LogP contribution is -2.12. The lowest BCUT2D eigenvalue weighted by Gasteiger charge is -1.94. The van der Waals surface area contributed by atoms with Gasteiger partial charge in [-0.05, 0) is 0 Å². The topological polar surface area (TPSA) is 9.03 Å². The SMILES string of the molecule is Cn1c(-c2ccccc2)c[n+]2ccsc12. The van der Waals surface area contributed by atoms with E-state index >= 15 is 0 Å². The van der Waals surface area contributed by atoms with Gasteiger partial charge in [0.15, 0.2) is 5.69 Å². The van der Waals surface area contributed by atoms with Crippen molar-refractivity contribution in [3.63, 3.8) is 0 Å². The molecular formula is C12H11N2S+. The number of benzene rings is 1. The molecule has 0 fully saturated rings. The molecule has 0 saturated heterocycles. The summed E-state index contributed by atoms with van der Waals surface area (Å²) in [6, 6.07) is 10.5. The number of thiazole rings is 1. The van der Waals surface area contributed by atoms with Gasteiger partial charge in [-0.25, -0.2) is 4.57 Å². The van der Waals surface area contributed by atoms with Crippen LogP contribution in [0.25, 0.3) is 16.2 Å². The van der Waals surface area contributed by atoms with E-state index in [0.29, 0.717) is 0 Å². The summed E-state index contributed by atoms with van der Waals surface area (Å²) in [5.74, 6) is 0. The Morgan fingerprint density at radius 3 is 2.73 bits per heavy atom. The minimum absolute atomic E-state index is 1.25. The van der Waals surface area contributed by atoms with E-state index in [2.05, 4.69) is 58.1 Å². The van der Waals surface area contributed by atoms with Crippen molar-refractivity contribution in [1.29, 1.82) is 0 Å². The zero-order valence-corrected chi connectivity index (χ0v) is 9.24. The number of nitrogens with zero attached hydrogens (tertiary/aromatic N) is 2. The van der Waals surface area contributed by atoms with Crippen LogP contribution in [0.3, 0.4) is 0 Å². The Labute approximate surface area is 92.0 Å². The highest BCUT2D eigenvalue weighted by Crippen LogP contribution is 2.20. The first-order valence-corrected chi connectivity index (χ1v) is 5.74. The third-order valence-corrected chi connectivity index (χ3v) is 3.55. The van der Waals surface area contributed by atoms with Crippen LogP contribution < -0.4 is 4.40 Å². The summed E-state index contributed by atoms with van der Waals surface area (Å²) in [5, 5.41) is 2.10. The Bertz CT molecular complexity index is 592. The van der Waals surface area contributed by atoms with Crippen molar-refractivity contribution in [3.8, 4) is 11.3 Å². The lowest BCUT2D eigenvalue weighted by atomic mass is 10.2. The van der Waals surface area contributed by atoms with Crippen molar-refractivity contribution >= 4 is 16.3 Å². The van der Waals surface area contributed by atoms with E-state index in [1.54, 1.807) is 11.3 Å². The van der Waals surface area contributed by atoms with Gasteiger partial charge in [0.1, 0.15) is 12.4 Å². The Balaban J connectivity index is 2.27. The summed E-state index contributed by atoms with van der Waals surface area (Å²) in [4.78, 5) is 1.26. The monoisotopic (exact) mass is 215 g/mol. The second-order valence-electron chi connectivity index (χ2n) is 3.53. The van der Waals surface area contributed by atoms with Gasteiger partial charge in [0.05, 0.1) is 7.05 Å². The predicted molar refractivity (Wildman–Crippen MR) is 61.9 cm³/mol. The summed E-state index contributed by atoms with van der Waals surface area (Å²) in [6.07, 6.45) is 4.26. The zero-order chi connectivity index (χ0) is 10.3. The van der Waals surface area contributed by atoms with E-state index in [4.69, 9.17) is 0 Å². The summed E-state index contributed by atoms with van der Waals surface area (Å²) in [6.45, 7) is 0. The molecule has 3 aromatic rings. The molecule has 1 aromatic carbocycles. The van der Waals surface area contributed by atoms with E-state index in [1.807, 2.05) is 6.07 Å². The molecule has 2 heterocycles. The molecule has 2 nitrogen and oxygen atoms in total. The Morgan fingerprint density at radius 1 is 1.20 bits per heavy atom. The predicted octanol–water partition coefficient (Wildman–Crippen LogP) is 2.49. The van der Waals surface area contributed by atoms with Gasteiger partial charge in [-0.3, -0.25) is 0 Å². The van der Waals surface area contributed by atoms with Crippen LogP contribution in [0.15, 0.2) is 48.1 Å². The van der Waals surface area contributed by atoms with E-state index in [-0.39, 0.29) is 0 Å². The molecule has 15 heavy (non-hydrogen) atoms. The van der Waals surface area contributed by atoms with Crippen molar-refractivity contribution in [3.05, 3.63) is 48.1 Å². The molecule has 0 amide bonds. The molecule has 0 atom stereocenters. The lowest BCUT2D eigenvalue weighted by molar-refractivity contribution is -0.505. The summed E-state index contributed by atoms with van der Waals surface area (Å²) in [7, 11) is 2.11. The Morgan fingerprint density at radius 2 is 2.00 bits per heavy atom. The second-order valence-corrected chi connectivity index (χ2v) is 4.41. The van der Waals surface area contributed by atoms with Crippen molar-refractivity contribution in [2.24, 2.45) is 7.05 Å². The summed E-state index contributed by atoms with van der Waals surface area (Å²) < 4.78 is 4.38. The van der Waals surface area contributed by atoms with Gasteiger partial charge in [-0.2, -0.15) is 4.40 Å².